The summed E-state index contributed by atoms with van der Waals surface area (Å²) in [4.78, 5) is 12.5. The molecule has 0 spiro atoms. The molecule has 2 N–H and O–H groups in total. The van der Waals surface area contributed by atoms with Crippen LogP contribution in [0.15, 0.2) is 42.5 Å². The van der Waals surface area contributed by atoms with E-state index < -0.39 is 35.0 Å². The van der Waals surface area contributed by atoms with Gasteiger partial charge in [-0.1, -0.05) is 18.2 Å². The van der Waals surface area contributed by atoms with Crippen molar-refractivity contribution >= 4 is 11.6 Å². The van der Waals surface area contributed by atoms with E-state index in [1.165, 1.54) is 18.2 Å². The Morgan fingerprint density at radius 2 is 1.60 bits per heavy atom. The van der Waals surface area contributed by atoms with E-state index in [-0.39, 0.29) is 13.1 Å². The van der Waals surface area contributed by atoms with Gasteiger partial charge in [0.05, 0.1) is 12.6 Å². The molecule has 0 saturated heterocycles. The molecule has 25 heavy (non-hydrogen) atoms. The number of anilines is 1. The van der Waals surface area contributed by atoms with Crippen molar-refractivity contribution in [3.05, 3.63) is 65.2 Å². The van der Waals surface area contributed by atoms with E-state index in [1.54, 1.807) is 7.05 Å². The van der Waals surface area contributed by atoms with Crippen LogP contribution in [0.2, 0.25) is 0 Å². The van der Waals surface area contributed by atoms with E-state index in [4.69, 9.17) is 0 Å². The summed E-state index contributed by atoms with van der Waals surface area (Å²) in [6.07, 6.45) is -4.40. The lowest BCUT2D eigenvalue weighted by Crippen LogP contribution is -3.08. The molecular formula is C17H16F5N2O+. The number of para-hydroxylation sites is 1. The average molecular weight is 359 g/mol. The van der Waals surface area contributed by atoms with Gasteiger partial charge in [0.2, 0.25) is 0 Å². The van der Waals surface area contributed by atoms with Crippen LogP contribution in [-0.4, -0.2) is 19.5 Å². The summed E-state index contributed by atoms with van der Waals surface area (Å²) < 4.78 is 64.5. The molecule has 1 atom stereocenters. The standard InChI is InChI=1S/C17H15F5N2O/c1-24(9-11-5-7-12(8-6-11)17(20,21)22)10-15(25)23-16-13(18)3-2-4-14(16)19/h2-8H,9-10H2,1H3,(H,23,25)/p+1. The normalized spacial score (nSPS) is 12.7. The number of carbonyl (C=O) groups is 1. The lowest BCUT2D eigenvalue weighted by atomic mass is 10.1. The Balaban J connectivity index is 1.93. The van der Waals surface area contributed by atoms with Gasteiger partial charge in [-0.25, -0.2) is 8.78 Å². The zero-order chi connectivity index (χ0) is 18.6. The number of halogens is 5. The van der Waals surface area contributed by atoms with Gasteiger partial charge in [0.1, 0.15) is 23.9 Å². The molecule has 2 aromatic rings. The van der Waals surface area contributed by atoms with Gasteiger partial charge in [-0.05, 0) is 24.3 Å². The number of alkyl halides is 3. The van der Waals surface area contributed by atoms with E-state index in [0.29, 0.717) is 10.5 Å². The lowest BCUT2D eigenvalue weighted by molar-refractivity contribution is -0.885. The molecule has 8 heteroatoms. The lowest BCUT2D eigenvalue weighted by Gasteiger charge is -2.15. The van der Waals surface area contributed by atoms with Crippen molar-refractivity contribution in [3.63, 3.8) is 0 Å². The third-order valence-electron chi connectivity index (χ3n) is 3.48. The second kappa shape index (κ2) is 7.60. The number of nitrogens with one attached hydrogen (secondary N) is 2. The van der Waals surface area contributed by atoms with Crippen LogP contribution in [0.3, 0.4) is 0 Å². The first-order chi connectivity index (χ1) is 11.7. The van der Waals surface area contributed by atoms with E-state index in [0.717, 1.165) is 24.3 Å². The minimum atomic E-state index is -4.40. The first-order valence-corrected chi connectivity index (χ1v) is 7.38. The largest absolute Gasteiger partial charge is 0.416 e. The maximum Gasteiger partial charge on any atom is 0.416 e. The van der Waals surface area contributed by atoms with Gasteiger partial charge >= 0.3 is 6.18 Å². The number of rotatable bonds is 5. The summed E-state index contributed by atoms with van der Waals surface area (Å²) in [5.41, 5.74) is -0.660. The Morgan fingerprint density at radius 1 is 1.04 bits per heavy atom. The van der Waals surface area contributed by atoms with Gasteiger partial charge in [-0.3, -0.25) is 4.79 Å². The van der Waals surface area contributed by atoms with Gasteiger partial charge in [0.15, 0.2) is 6.54 Å². The van der Waals surface area contributed by atoms with Crippen LogP contribution in [0.5, 0.6) is 0 Å². The quantitative estimate of drug-likeness (QED) is 0.791. The Morgan fingerprint density at radius 3 is 2.12 bits per heavy atom. The van der Waals surface area contributed by atoms with Gasteiger partial charge in [-0.15, -0.1) is 0 Å². The van der Waals surface area contributed by atoms with Crippen molar-refractivity contribution < 1.29 is 31.6 Å². The molecule has 0 aliphatic heterocycles. The molecule has 0 fully saturated rings. The highest BCUT2D eigenvalue weighted by Crippen LogP contribution is 2.28. The van der Waals surface area contributed by atoms with Crippen LogP contribution < -0.4 is 10.2 Å². The third-order valence-corrected chi connectivity index (χ3v) is 3.48. The number of carbonyl (C=O) groups excluding carboxylic acids is 1. The van der Waals surface area contributed by atoms with E-state index in [9.17, 15) is 26.7 Å². The number of hydrogen-bond donors (Lipinski definition) is 2. The van der Waals surface area contributed by atoms with E-state index in [2.05, 4.69) is 5.32 Å². The van der Waals surface area contributed by atoms with Crippen LogP contribution in [0, 0.1) is 11.6 Å². The fourth-order valence-corrected chi connectivity index (χ4v) is 2.30. The number of amides is 1. The van der Waals surface area contributed by atoms with Crippen LogP contribution in [0.1, 0.15) is 11.1 Å². The fraction of sp³-hybridized carbons (Fsp3) is 0.235. The van der Waals surface area contributed by atoms with E-state index >= 15 is 0 Å². The van der Waals surface area contributed by atoms with Crippen LogP contribution in [-0.2, 0) is 17.5 Å². The molecule has 0 aromatic heterocycles. The predicted molar refractivity (Wildman–Crippen MR) is 81.9 cm³/mol. The molecule has 2 aromatic carbocycles. The van der Waals surface area contributed by atoms with Gasteiger partial charge in [0.25, 0.3) is 5.91 Å². The predicted octanol–water partition coefficient (Wildman–Crippen LogP) is 2.64. The van der Waals surface area contributed by atoms with Crippen molar-refractivity contribution in [2.24, 2.45) is 0 Å². The number of hydrogen-bond acceptors (Lipinski definition) is 1. The highest BCUT2D eigenvalue weighted by Gasteiger charge is 2.30. The summed E-state index contributed by atoms with van der Waals surface area (Å²) in [6.45, 7) is 0.181. The molecule has 3 nitrogen and oxygen atoms in total. The summed E-state index contributed by atoms with van der Waals surface area (Å²) in [7, 11) is 1.65. The smallest absolute Gasteiger partial charge is 0.326 e. The third kappa shape index (κ3) is 5.25. The zero-order valence-electron chi connectivity index (χ0n) is 13.3. The summed E-state index contributed by atoms with van der Waals surface area (Å²) in [5, 5.41) is 2.17. The summed E-state index contributed by atoms with van der Waals surface area (Å²) >= 11 is 0. The molecule has 0 saturated carbocycles. The maximum atomic E-state index is 13.5. The molecule has 0 bridgehead atoms. The number of benzene rings is 2. The monoisotopic (exact) mass is 359 g/mol. The molecule has 0 heterocycles. The molecule has 0 aliphatic carbocycles. The number of likely N-dealkylation sites (N-methyl/N-ethyl adjacent to an activating group) is 1. The molecule has 1 unspecified atom stereocenters. The van der Waals surface area contributed by atoms with Crippen molar-refractivity contribution in [1.29, 1.82) is 0 Å². The van der Waals surface area contributed by atoms with E-state index in [1.807, 2.05) is 0 Å². The van der Waals surface area contributed by atoms with Gasteiger partial charge in [-0.2, -0.15) is 13.2 Å². The van der Waals surface area contributed by atoms with Crippen LogP contribution in [0.4, 0.5) is 27.6 Å². The minimum absolute atomic E-state index is 0.102. The first-order valence-electron chi connectivity index (χ1n) is 7.38. The maximum absolute atomic E-state index is 13.5. The SMILES string of the molecule is C[NH+](CC(=O)Nc1c(F)cccc1F)Cc1ccc(C(F)(F)F)cc1. The fourth-order valence-electron chi connectivity index (χ4n) is 2.30. The molecule has 0 radical (unpaired) electrons. The minimum Gasteiger partial charge on any atom is -0.326 e. The molecular weight excluding hydrogens is 343 g/mol. The van der Waals surface area contributed by atoms with Crippen molar-refractivity contribution in [2.75, 3.05) is 18.9 Å². The second-order valence-corrected chi connectivity index (χ2v) is 5.65. The number of quaternary nitrogens is 1. The van der Waals surface area contributed by atoms with Crippen LogP contribution in [0.25, 0.3) is 0 Å². The second-order valence-electron chi connectivity index (χ2n) is 5.65. The Labute approximate surface area is 141 Å². The van der Waals surface area contributed by atoms with Gasteiger partial charge in [0, 0.05) is 5.56 Å². The van der Waals surface area contributed by atoms with Crippen molar-refractivity contribution in [2.45, 2.75) is 12.7 Å². The summed E-state index contributed by atoms with van der Waals surface area (Å²) in [5.74, 6) is -2.36. The Kier molecular flexibility index (Phi) is 5.73. The highest BCUT2D eigenvalue weighted by atomic mass is 19.4. The Hall–Kier alpha value is -2.48. The topological polar surface area (TPSA) is 33.5 Å². The molecule has 2 rings (SSSR count). The summed E-state index contributed by atoms with van der Waals surface area (Å²) in [6, 6.07) is 7.84. The molecule has 1 amide bonds. The Bertz CT molecular complexity index is 723. The average Bonchev–Trinajstić information content (AvgIpc) is 2.50. The van der Waals surface area contributed by atoms with Crippen LogP contribution >= 0.6 is 0 Å². The molecule has 134 valence electrons. The van der Waals surface area contributed by atoms with Crippen molar-refractivity contribution in [3.8, 4) is 0 Å². The van der Waals surface area contributed by atoms with Crippen molar-refractivity contribution in [1.82, 2.24) is 0 Å². The molecule has 0 aliphatic rings. The zero-order valence-corrected chi connectivity index (χ0v) is 13.3. The van der Waals surface area contributed by atoms with Gasteiger partial charge < -0.3 is 10.2 Å². The highest BCUT2D eigenvalue weighted by molar-refractivity contribution is 5.91. The first kappa shape index (κ1) is 18.9.